The minimum absolute atomic E-state index is 0.189. The van der Waals surface area contributed by atoms with E-state index in [1.807, 2.05) is 31.9 Å². The Kier molecular flexibility index (Phi) is 5.95. The van der Waals surface area contributed by atoms with Crippen LogP contribution in [-0.2, 0) is 24.8 Å². The zero-order valence-corrected chi connectivity index (χ0v) is 18.9. The van der Waals surface area contributed by atoms with Crippen LogP contribution in [0.5, 0.6) is 5.88 Å². The van der Waals surface area contributed by atoms with Crippen LogP contribution in [-0.4, -0.2) is 68.9 Å². The van der Waals surface area contributed by atoms with Crippen molar-refractivity contribution in [2.45, 2.75) is 40.2 Å². The Hall–Kier alpha value is -2.94. The number of methoxy groups -OCH3 is 1. The van der Waals surface area contributed by atoms with Gasteiger partial charge in [0.1, 0.15) is 5.76 Å². The van der Waals surface area contributed by atoms with Gasteiger partial charge in [0.2, 0.25) is 11.8 Å². The van der Waals surface area contributed by atoms with Crippen molar-refractivity contribution in [2.75, 3.05) is 33.3 Å². The number of piperazine rings is 1. The molecule has 0 N–H and O–H groups in total. The molecule has 0 bridgehead atoms. The van der Waals surface area contributed by atoms with E-state index >= 15 is 0 Å². The SMILES string of the molecule is COc1nn(C)c2nc(C)c(CCC(=O)N3CCN(Cc4cc(C)on4)CC3)c(C)c12. The van der Waals surface area contributed by atoms with Gasteiger partial charge in [-0.2, -0.15) is 0 Å². The first kappa shape index (κ1) is 21.3. The third-order valence-corrected chi connectivity index (χ3v) is 6.09. The summed E-state index contributed by atoms with van der Waals surface area (Å²) in [6.07, 6.45) is 1.13. The molecule has 0 spiro atoms. The molecule has 0 radical (unpaired) electrons. The molecular formula is C22H30N6O3. The smallest absolute Gasteiger partial charge is 0.242 e. The van der Waals surface area contributed by atoms with Crippen molar-refractivity contribution < 1.29 is 14.1 Å². The summed E-state index contributed by atoms with van der Waals surface area (Å²) in [6.45, 7) is 9.88. The molecule has 3 aromatic heterocycles. The second-order valence-corrected chi connectivity index (χ2v) is 8.22. The molecule has 0 aromatic carbocycles. The summed E-state index contributed by atoms with van der Waals surface area (Å²) in [5.74, 6) is 1.59. The minimum atomic E-state index is 0.189. The molecular weight excluding hydrogens is 396 g/mol. The number of aryl methyl sites for hydroxylation is 4. The monoisotopic (exact) mass is 426 g/mol. The average Bonchev–Trinajstić information content (AvgIpc) is 3.30. The number of aromatic nitrogens is 4. The lowest BCUT2D eigenvalue weighted by atomic mass is 10.00. The van der Waals surface area contributed by atoms with E-state index in [2.05, 4.69) is 22.1 Å². The number of nitrogens with zero attached hydrogens (tertiary/aromatic N) is 6. The number of hydrogen-bond donors (Lipinski definition) is 0. The van der Waals surface area contributed by atoms with E-state index in [0.29, 0.717) is 18.7 Å². The molecule has 1 amide bonds. The molecule has 31 heavy (non-hydrogen) atoms. The number of hydrogen-bond acceptors (Lipinski definition) is 7. The zero-order chi connectivity index (χ0) is 22.1. The highest BCUT2D eigenvalue weighted by molar-refractivity contribution is 5.86. The van der Waals surface area contributed by atoms with Crippen LogP contribution in [0.25, 0.3) is 11.0 Å². The third-order valence-electron chi connectivity index (χ3n) is 6.09. The second kappa shape index (κ2) is 8.66. The first-order chi connectivity index (χ1) is 14.9. The van der Waals surface area contributed by atoms with Gasteiger partial charge in [-0.3, -0.25) is 9.69 Å². The van der Waals surface area contributed by atoms with Gasteiger partial charge in [0.25, 0.3) is 0 Å². The number of pyridine rings is 1. The van der Waals surface area contributed by atoms with Crippen molar-refractivity contribution in [3.05, 3.63) is 34.3 Å². The van der Waals surface area contributed by atoms with E-state index in [4.69, 9.17) is 14.2 Å². The normalized spacial score (nSPS) is 15.1. The standard InChI is InChI=1S/C22H30N6O3/c1-14-12-17(25-31-14)13-27-8-10-28(11-9-27)19(29)7-6-18-15(2)20-21(23-16(18)3)26(4)24-22(20)30-5/h12H,6-11,13H2,1-5H3. The predicted molar refractivity (Wildman–Crippen MR) is 116 cm³/mol. The van der Waals surface area contributed by atoms with Crippen LogP contribution in [0.3, 0.4) is 0 Å². The fraction of sp³-hybridized carbons (Fsp3) is 0.545. The highest BCUT2D eigenvalue weighted by atomic mass is 16.5. The van der Waals surface area contributed by atoms with Crippen molar-refractivity contribution in [2.24, 2.45) is 7.05 Å². The highest BCUT2D eigenvalue weighted by Gasteiger charge is 2.23. The topological polar surface area (TPSA) is 89.5 Å². The molecule has 166 valence electrons. The molecule has 9 heteroatoms. The maximum absolute atomic E-state index is 12.9. The van der Waals surface area contributed by atoms with Crippen LogP contribution in [0.15, 0.2) is 10.6 Å². The van der Waals surface area contributed by atoms with E-state index in [-0.39, 0.29) is 5.91 Å². The number of rotatable bonds is 6. The van der Waals surface area contributed by atoms with Crippen molar-refractivity contribution in [3.63, 3.8) is 0 Å². The van der Waals surface area contributed by atoms with Gasteiger partial charge >= 0.3 is 0 Å². The molecule has 9 nitrogen and oxygen atoms in total. The summed E-state index contributed by atoms with van der Waals surface area (Å²) in [7, 11) is 3.48. The maximum atomic E-state index is 12.9. The largest absolute Gasteiger partial charge is 0.479 e. The molecule has 3 aromatic rings. The molecule has 1 fully saturated rings. The Bertz CT molecular complexity index is 1090. The first-order valence-corrected chi connectivity index (χ1v) is 10.7. The molecule has 1 aliphatic rings. The molecule has 4 heterocycles. The molecule has 0 aliphatic carbocycles. The summed E-state index contributed by atoms with van der Waals surface area (Å²) in [5.41, 5.74) is 4.88. The molecule has 0 atom stereocenters. The first-order valence-electron chi connectivity index (χ1n) is 10.7. The Morgan fingerprint density at radius 2 is 1.94 bits per heavy atom. The van der Waals surface area contributed by atoms with Crippen molar-refractivity contribution in [1.82, 2.24) is 29.7 Å². The highest BCUT2D eigenvalue weighted by Crippen LogP contribution is 2.30. The lowest BCUT2D eigenvalue weighted by Gasteiger charge is -2.34. The summed E-state index contributed by atoms with van der Waals surface area (Å²) in [4.78, 5) is 21.9. The number of carbonyl (C=O) groups excluding carboxylic acids is 1. The minimum Gasteiger partial charge on any atom is -0.479 e. The van der Waals surface area contributed by atoms with Gasteiger partial charge in [0.15, 0.2) is 5.65 Å². The third kappa shape index (κ3) is 4.27. The van der Waals surface area contributed by atoms with E-state index in [0.717, 1.165) is 72.0 Å². The van der Waals surface area contributed by atoms with Crippen LogP contribution in [0, 0.1) is 20.8 Å². The summed E-state index contributed by atoms with van der Waals surface area (Å²) < 4.78 is 12.3. The van der Waals surface area contributed by atoms with Gasteiger partial charge in [0, 0.05) is 58.0 Å². The maximum Gasteiger partial charge on any atom is 0.242 e. The van der Waals surface area contributed by atoms with Crippen molar-refractivity contribution >= 4 is 16.9 Å². The fourth-order valence-electron chi connectivity index (χ4n) is 4.37. The van der Waals surface area contributed by atoms with E-state index in [1.54, 1.807) is 11.8 Å². The van der Waals surface area contributed by atoms with Gasteiger partial charge in [0.05, 0.1) is 18.2 Å². The Labute approximate surface area is 181 Å². The van der Waals surface area contributed by atoms with E-state index < -0.39 is 0 Å². The van der Waals surface area contributed by atoms with Crippen molar-refractivity contribution in [1.29, 1.82) is 0 Å². The van der Waals surface area contributed by atoms with Crippen LogP contribution in [0.1, 0.15) is 34.7 Å². The number of amides is 1. The quantitative estimate of drug-likeness (QED) is 0.597. The Balaban J connectivity index is 1.37. The number of carbonyl (C=O) groups is 1. The Morgan fingerprint density at radius 1 is 1.19 bits per heavy atom. The van der Waals surface area contributed by atoms with Gasteiger partial charge in [-0.15, -0.1) is 5.10 Å². The van der Waals surface area contributed by atoms with Crippen LogP contribution in [0.4, 0.5) is 0 Å². The van der Waals surface area contributed by atoms with Gasteiger partial charge in [-0.25, -0.2) is 9.67 Å². The molecule has 0 unspecified atom stereocenters. The van der Waals surface area contributed by atoms with E-state index in [1.165, 1.54) is 0 Å². The lowest BCUT2D eigenvalue weighted by molar-refractivity contribution is -0.133. The number of fused-ring (bicyclic) bond motifs is 1. The predicted octanol–water partition coefficient (Wildman–Crippen LogP) is 2.17. The molecule has 1 saturated heterocycles. The average molecular weight is 427 g/mol. The van der Waals surface area contributed by atoms with Gasteiger partial charge < -0.3 is 14.2 Å². The molecule has 0 saturated carbocycles. The summed E-state index contributed by atoms with van der Waals surface area (Å²) in [6, 6.07) is 1.96. The van der Waals surface area contributed by atoms with Gasteiger partial charge in [-0.1, -0.05) is 5.16 Å². The van der Waals surface area contributed by atoms with Crippen LogP contribution in [0.2, 0.25) is 0 Å². The molecule has 4 rings (SSSR count). The second-order valence-electron chi connectivity index (χ2n) is 8.22. The van der Waals surface area contributed by atoms with Crippen LogP contribution >= 0.6 is 0 Å². The van der Waals surface area contributed by atoms with Crippen LogP contribution < -0.4 is 4.74 Å². The molecule has 1 aliphatic heterocycles. The number of ether oxygens (including phenoxy) is 1. The Morgan fingerprint density at radius 3 is 2.58 bits per heavy atom. The lowest BCUT2D eigenvalue weighted by Crippen LogP contribution is -2.48. The summed E-state index contributed by atoms with van der Waals surface area (Å²) >= 11 is 0. The van der Waals surface area contributed by atoms with Crippen molar-refractivity contribution in [3.8, 4) is 5.88 Å². The summed E-state index contributed by atoms with van der Waals surface area (Å²) in [5, 5.41) is 9.39. The van der Waals surface area contributed by atoms with E-state index in [9.17, 15) is 4.79 Å². The zero-order valence-electron chi connectivity index (χ0n) is 18.9. The van der Waals surface area contributed by atoms with Gasteiger partial charge in [-0.05, 0) is 38.3 Å². The fourth-order valence-corrected chi connectivity index (χ4v) is 4.37.